The molecule has 1 rings (SSSR count). The van der Waals surface area contributed by atoms with Crippen molar-refractivity contribution >= 4 is 17.6 Å². The summed E-state index contributed by atoms with van der Waals surface area (Å²) in [7, 11) is 0.260. The number of aryl methyl sites for hydroxylation is 1. The lowest BCUT2D eigenvalue weighted by atomic mass is 10.2. The van der Waals surface area contributed by atoms with Crippen LogP contribution < -0.4 is 0 Å². The van der Waals surface area contributed by atoms with E-state index in [0.29, 0.717) is 19.8 Å². The molecule has 0 aliphatic rings. The second kappa shape index (κ2) is 19.4. The third-order valence-electron chi connectivity index (χ3n) is 4.02. The van der Waals surface area contributed by atoms with Crippen LogP contribution in [0, 0.1) is 0 Å². The van der Waals surface area contributed by atoms with Gasteiger partial charge in [-0.25, -0.2) is 0 Å². The van der Waals surface area contributed by atoms with E-state index >= 15 is 0 Å². The largest absolute Gasteiger partial charge is 0.500 e. The van der Waals surface area contributed by atoms with E-state index in [-0.39, 0.29) is 0 Å². The first-order valence-corrected chi connectivity index (χ1v) is 14.5. The molecule has 0 spiro atoms. The van der Waals surface area contributed by atoms with E-state index < -0.39 is 17.6 Å². The molecule has 0 fully saturated rings. The van der Waals surface area contributed by atoms with Gasteiger partial charge in [0.25, 0.3) is 0 Å². The molecule has 0 radical (unpaired) electrons. The van der Waals surface area contributed by atoms with Gasteiger partial charge < -0.3 is 26.6 Å². The van der Waals surface area contributed by atoms with Gasteiger partial charge in [-0.1, -0.05) is 51.1 Å². The number of hydrogen-bond acceptors (Lipinski definition) is 6. The SMILES string of the molecule is CC.CCO[Si](CC)(OCC)OCC.CO[Si](CCc1ccccc1)(OC)OC. The molecule has 1 aromatic carbocycles. The van der Waals surface area contributed by atoms with Crippen molar-refractivity contribution in [3.8, 4) is 0 Å². The Morgan fingerprint density at radius 2 is 1.07 bits per heavy atom. The molecule has 0 saturated carbocycles. The van der Waals surface area contributed by atoms with E-state index in [0.717, 1.165) is 18.5 Å². The smallest absolute Gasteiger partial charge is 0.377 e. The van der Waals surface area contributed by atoms with Crippen molar-refractivity contribution < 1.29 is 26.6 Å². The van der Waals surface area contributed by atoms with Crippen molar-refractivity contribution in [2.24, 2.45) is 0 Å². The summed E-state index contributed by atoms with van der Waals surface area (Å²) < 4.78 is 32.7. The fraction of sp³-hybridized carbons (Fsp3) is 0.714. The summed E-state index contributed by atoms with van der Waals surface area (Å²) in [5.74, 6) is 0. The van der Waals surface area contributed by atoms with Crippen LogP contribution in [-0.2, 0) is 33.0 Å². The summed E-state index contributed by atoms with van der Waals surface area (Å²) in [6.45, 7) is 14.0. The molecule has 0 unspecified atom stereocenters. The normalized spacial score (nSPS) is 11.2. The molecule has 0 aromatic heterocycles. The lowest BCUT2D eigenvalue weighted by Crippen LogP contribution is -2.45. The Hall–Kier alpha value is -0.586. The number of hydrogen-bond donors (Lipinski definition) is 0. The zero-order valence-corrected chi connectivity index (χ0v) is 22.1. The quantitative estimate of drug-likeness (QED) is 0.387. The van der Waals surface area contributed by atoms with E-state index in [9.17, 15) is 0 Å². The Labute approximate surface area is 181 Å². The van der Waals surface area contributed by atoms with Gasteiger partial charge in [-0.05, 0) is 32.8 Å². The predicted octanol–water partition coefficient (Wildman–Crippen LogP) is 5.19. The van der Waals surface area contributed by atoms with Crippen molar-refractivity contribution in [3.05, 3.63) is 35.9 Å². The van der Waals surface area contributed by atoms with Gasteiger partial charge in [-0.2, -0.15) is 0 Å². The van der Waals surface area contributed by atoms with Gasteiger partial charge >= 0.3 is 17.6 Å². The minimum atomic E-state index is -2.40. The first-order chi connectivity index (χ1) is 14.0. The first-order valence-electron chi connectivity index (χ1n) is 10.6. The van der Waals surface area contributed by atoms with Gasteiger partial charge in [0.2, 0.25) is 0 Å². The zero-order chi connectivity index (χ0) is 22.6. The molecule has 172 valence electrons. The second-order valence-corrected chi connectivity index (χ2v) is 11.6. The average molecular weight is 449 g/mol. The fourth-order valence-electron chi connectivity index (χ4n) is 2.59. The van der Waals surface area contributed by atoms with Crippen LogP contribution in [0.4, 0.5) is 0 Å². The molecule has 0 bridgehead atoms. The van der Waals surface area contributed by atoms with Crippen LogP contribution in [0.1, 0.15) is 47.1 Å². The summed E-state index contributed by atoms with van der Waals surface area (Å²) in [6.07, 6.45) is 0.919. The van der Waals surface area contributed by atoms with Crippen LogP contribution in [-0.4, -0.2) is 58.8 Å². The average Bonchev–Trinajstić information content (AvgIpc) is 2.78. The molecule has 0 aliphatic carbocycles. The Morgan fingerprint density at radius 1 is 0.655 bits per heavy atom. The van der Waals surface area contributed by atoms with Gasteiger partial charge in [0.1, 0.15) is 0 Å². The first kappa shape index (κ1) is 30.6. The highest BCUT2D eigenvalue weighted by Gasteiger charge is 2.38. The monoisotopic (exact) mass is 448 g/mol. The van der Waals surface area contributed by atoms with E-state index in [1.165, 1.54) is 5.56 Å². The van der Waals surface area contributed by atoms with Crippen LogP contribution in [0.5, 0.6) is 0 Å². The third-order valence-corrected chi connectivity index (χ3v) is 9.80. The van der Waals surface area contributed by atoms with Crippen molar-refractivity contribution in [1.29, 1.82) is 0 Å². The third kappa shape index (κ3) is 12.6. The van der Waals surface area contributed by atoms with Crippen LogP contribution in [0.25, 0.3) is 0 Å². The van der Waals surface area contributed by atoms with Gasteiger partial charge in [-0.15, -0.1) is 0 Å². The van der Waals surface area contributed by atoms with Crippen molar-refractivity contribution in [2.45, 2.75) is 60.1 Å². The zero-order valence-electron chi connectivity index (χ0n) is 20.1. The fourth-order valence-corrected chi connectivity index (χ4v) is 6.48. The topological polar surface area (TPSA) is 55.4 Å². The van der Waals surface area contributed by atoms with E-state index in [4.69, 9.17) is 26.6 Å². The molecule has 0 atom stereocenters. The minimum absolute atomic E-state index is 0.667. The molecule has 8 heteroatoms. The van der Waals surface area contributed by atoms with Gasteiger partial charge in [0, 0.05) is 53.2 Å². The summed E-state index contributed by atoms with van der Waals surface area (Å²) in [5, 5.41) is 0. The lowest BCUT2D eigenvalue weighted by Gasteiger charge is -2.26. The van der Waals surface area contributed by atoms with Crippen molar-refractivity contribution in [2.75, 3.05) is 41.2 Å². The number of benzene rings is 1. The maximum absolute atomic E-state index is 5.55. The minimum Gasteiger partial charge on any atom is -0.377 e. The summed E-state index contributed by atoms with van der Waals surface area (Å²) in [5.41, 5.74) is 1.28. The molecular formula is C21H44O6Si2. The van der Waals surface area contributed by atoms with E-state index in [1.807, 2.05) is 59.7 Å². The summed E-state index contributed by atoms with van der Waals surface area (Å²) in [6, 6.07) is 11.9. The van der Waals surface area contributed by atoms with Crippen molar-refractivity contribution in [1.82, 2.24) is 0 Å². The van der Waals surface area contributed by atoms with Crippen LogP contribution >= 0.6 is 0 Å². The molecule has 0 saturated heterocycles. The molecule has 0 amide bonds. The number of rotatable bonds is 13. The Balaban J connectivity index is 0. The lowest BCUT2D eigenvalue weighted by molar-refractivity contribution is 0.0725. The second-order valence-electron chi connectivity index (χ2n) is 5.62. The van der Waals surface area contributed by atoms with Crippen LogP contribution in [0.3, 0.4) is 0 Å². The predicted molar refractivity (Wildman–Crippen MR) is 124 cm³/mol. The highest BCUT2D eigenvalue weighted by Crippen LogP contribution is 2.16. The maximum atomic E-state index is 5.55. The summed E-state index contributed by atoms with van der Waals surface area (Å²) in [4.78, 5) is 0. The van der Waals surface area contributed by atoms with Gasteiger partial charge in [-0.3, -0.25) is 0 Å². The molecule has 0 heterocycles. The summed E-state index contributed by atoms with van der Waals surface area (Å²) >= 11 is 0. The molecule has 0 N–H and O–H groups in total. The molecule has 29 heavy (non-hydrogen) atoms. The molecule has 0 aliphatic heterocycles. The Bertz CT molecular complexity index is 432. The Morgan fingerprint density at radius 3 is 1.38 bits per heavy atom. The maximum Gasteiger partial charge on any atom is 0.500 e. The highest BCUT2D eigenvalue weighted by molar-refractivity contribution is 6.60. The molecular weight excluding hydrogens is 404 g/mol. The van der Waals surface area contributed by atoms with Gasteiger partial charge in [0.15, 0.2) is 0 Å². The standard InChI is InChI=1S/C11H18O3Si.C8H20O3Si.C2H6/c1-12-15(13-2,14-3)10-9-11-7-5-4-6-8-11;1-5-9-12(8-4,10-6-2)11-7-3;1-2/h4-8H,9-10H2,1-3H3;5-8H2,1-4H3;1-2H3. The van der Waals surface area contributed by atoms with Crippen molar-refractivity contribution in [3.63, 3.8) is 0 Å². The van der Waals surface area contributed by atoms with E-state index in [2.05, 4.69) is 12.1 Å². The molecule has 1 aromatic rings. The van der Waals surface area contributed by atoms with Crippen LogP contribution in [0.15, 0.2) is 30.3 Å². The Kier molecular flexibility index (Phi) is 20.5. The van der Waals surface area contributed by atoms with Gasteiger partial charge in [0.05, 0.1) is 0 Å². The van der Waals surface area contributed by atoms with Crippen LogP contribution in [0.2, 0.25) is 12.1 Å². The van der Waals surface area contributed by atoms with E-state index in [1.54, 1.807) is 21.3 Å². The highest BCUT2D eigenvalue weighted by atomic mass is 28.4. The molecule has 6 nitrogen and oxygen atoms in total.